The van der Waals surface area contributed by atoms with E-state index < -0.39 is 10.0 Å². The highest BCUT2D eigenvalue weighted by atomic mass is 32.2. The Hall–Kier alpha value is -1.44. The van der Waals surface area contributed by atoms with Crippen molar-refractivity contribution in [3.8, 4) is 0 Å². The third-order valence-corrected chi connectivity index (χ3v) is 8.87. The number of nitrogens with zero attached hydrogens (tertiary/aromatic N) is 2. The molecule has 0 aromatic heterocycles. The Morgan fingerprint density at radius 3 is 2.17 bits per heavy atom. The lowest BCUT2D eigenvalue weighted by Gasteiger charge is -2.32. The van der Waals surface area contributed by atoms with Crippen LogP contribution in [0.5, 0.6) is 0 Å². The quantitative estimate of drug-likeness (QED) is 0.715. The molecule has 1 atom stereocenters. The number of rotatable bonds is 7. The minimum atomic E-state index is -3.54. The lowest BCUT2D eigenvalue weighted by Crippen LogP contribution is -2.46. The maximum atomic E-state index is 13.2. The van der Waals surface area contributed by atoms with Crippen LogP contribution in [0.25, 0.3) is 0 Å². The zero-order valence-electron chi connectivity index (χ0n) is 18.9. The Labute approximate surface area is 182 Å². The van der Waals surface area contributed by atoms with Gasteiger partial charge in [0.2, 0.25) is 15.9 Å². The molecule has 1 unspecified atom stereocenters. The predicted octanol–water partition coefficient (Wildman–Crippen LogP) is 3.00. The van der Waals surface area contributed by atoms with E-state index in [1.165, 1.54) is 12.8 Å². The Morgan fingerprint density at radius 1 is 1.07 bits per heavy atom. The number of nitrogens with one attached hydrogen (secondary N) is 1. The van der Waals surface area contributed by atoms with E-state index in [4.69, 9.17) is 0 Å². The number of piperidine rings is 1. The van der Waals surface area contributed by atoms with E-state index in [0.717, 1.165) is 36.2 Å². The molecule has 7 heteroatoms. The molecule has 0 radical (unpaired) electrons. The molecule has 0 spiro atoms. The van der Waals surface area contributed by atoms with Crippen LogP contribution in [0.15, 0.2) is 17.0 Å². The number of likely N-dealkylation sites (tertiary alicyclic amines) is 1. The number of aryl methyl sites for hydroxylation is 3. The molecule has 168 valence electrons. The van der Waals surface area contributed by atoms with Gasteiger partial charge in [-0.15, -0.1) is 0 Å². The molecule has 1 N–H and O–H groups in total. The Bertz CT molecular complexity index is 831. The third kappa shape index (κ3) is 5.06. The average molecular weight is 436 g/mol. The molecule has 0 bridgehead atoms. The van der Waals surface area contributed by atoms with Gasteiger partial charge in [0.05, 0.1) is 4.90 Å². The first-order chi connectivity index (χ1) is 14.2. The van der Waals surface area contributed by atoms with Crippen molar-refractivity contribution in [3.63, 3.8) is 0 Å². The summed E-state index contributed by atoms with van der Waals surface area (Å²) in [4.78, 5) is 15.6. The summed E-state index contributed by atoms with van der Waals surface area (Å²) in [5.74, 6) is -0.0277. The summed E-state index contributed by atoms with van der Waals surface area (Å²) in [6.45, 7) is 11.6. The molecule has 2 saturated heterocycles. The van der Waals surface area contributed by atoms with Crippen molar-refractivity contribution in [1.29, 1.82) is 0 Å². The van der Waals surface area contributed by atoms with Crippen LogP contribution in [0.1, 0.15) is 55.7 Å². The summed E-state index contributed by atoms with van der Waals surface area (Å²) in [6.07, 6.45) is 4.69. The molecule has 2 heterocycles. The molecular weight excluding hydrogens is 398 g/mol. The van der Waals surface area contributed by atoms with Gasteiger partial charge in [0.1, 0.15) is 0 Å². The van der Waals surface area contributed by atoms with Gasteiger partial charge < -0.3 is 5.32 Å². The molecule has 1 amide bonds. The monoisotopic (exact) mass is 435 g/mol. The van der Waals surface area contributed by atoms with Gasteiger partial charge in [-0.25, -0.2) is 8.42 Å². The number of benzene rings is 1. The average Bonchev–Trinajstić information content (AvgIpc) is 3.22. The largest absolute Gasteiger partial charge is 0.354 e. The van der Waals surface area contributed by atoms with Gasteiger partial charge in [0, 0.05) is 31.6 Å². The number of carbonyl (C=O) groups is 1. The lowest BCUT2D eigenvalue weighted by atomic mass is 9.97. The maximum Gasteiger partial charge on any atom is 0.243 e. The van der Waals surface area contributed by atoms with Crippen LogP contribution in [0.4, 0.5) is 0 Å². The molecule has 2 fully saturated rings. The topological polar surface area (TPSA) is 69.7 Å². The highest BCUT2D eigenvalue weighted by Crippen LogP contribution is 2.29. The third-order valence-electron chi connectivity index (χ3n) is 6.67. The van der Waals surface area contributed by atoms with Crippen molar-refractivity contribution in [2.24, 2.45) is 5.92 Å². The molecule has 3 rings (SSSR count). The Morgan fingerprint density at radius 2 is 1.63 bits per heavy atom. The molecular formula is C23H37N3O3S. The van der Waals surface area contributed by atoms with E-state index in [1.54, 1.807) is 4.31 Å². The standard InChI is InChI=1S/C23H37N3O3S/c1-5-21(25-10-6-7-11-25)16-24-23(27)20-8-12-26(13-9-20)30(28,29)22-18(3)14-17(2)15-19(22)4/h14-15,20-21H,5-13,16H2,1-4H3,(H,24,27). The van der Waals surface area contributed by atoms with Gasteiger partial charge in [-0.3, -0.25) is 9.69 Å². The van der Waals surface area contributed by atoms with Crippen molar-refractivity contribution in [2.75, 3.05) is 32.7 Å². The van der Waals surface area contributed by atoms with Crippen LogP contribution in [-0.2, 0) is 14.8 Å². The molecule has 0 aliphatic carbocycles. The molecule has 1 aromatic rings. The second-order valence-electron chi connectivity index (χ2n) is 8.96. The van der Waals surface area contributed by atoms with Gasteiger partial charge >= 0.3 is 0 Å². The minimum Gasteiger partial charge on any atom is -0.354 e. The zero-order valence-corrected chi connectivity index (χ0v) is 19.7. The Kier molecular flexibility index (Phi) is 7.58. The summed E-state index contributed by atoms with van der Waals surface area (Å²) in [6, 6.07) is 4.25. The Balaban J connectivity index is 1.57. The van der Waals surface area contributed by atoms with Crippen molar-refractivity contribution in [1.82, 2.24) is 14.5 Å². The molecule has 30 heavy (non-hydrogen) atoms. The summed E-state index contributed by atoms with van der Waals surface area (Å²) in [5, 5.41) is 3.14. The number of hydrogen-bond acceptors (Lipinski definition) is 4. The summed E-state index contributed by atoms with van der Waals surface area (Å²) < 4.78 is 28.0. The van der Waals surface area contributed by atoms with E-state index in [9.17, 15) is 13.2 Å². The van der Waals surface area contributed by atoms with Crippen LogP contribution in [-0.4, -0.2) is 62.3 Å². The van der Waals surface area contributed by atoms with E-state index in [1.807, 2.05) is 32.9 Å². The van der Waals surface area contributed by atoms with Crippen LogP contribution < -0.4 is 5.32 Å². The lowest BCUT2D eigenvalue weighted by molar-refractivity contribution is -0.126. The molecule has 0 saturated carbocycles. The second-order valence-corrected chi connectivity index (χ2v) is 10.8. The van der Waals surface area contributed by atoms with Crippen molar-refractivity contribution in [2.45, 2.75) is 70.7 Å². The minimum absolute atomic E-state index is 0.0763. The first kappa shape index (κ1) is 23.2. The van der Waals surface area contributed by atoms with Crippen LogP contribution in [0.3, 0.4) is 0 Å². The molecule has 1 aromatic carbocycles. The molecule has 2 aliphatic heterocycles. The summed E-state index contributed by atoms with van der Waals surface area (Å²) in [7, 11) is -3.54. The van der Waals surface area contributed by atoms with Gasteiger partial charge in [-0.2, -0.15) is 4.31 Å². The normalized spacial score (nSPS) is 20.4. The summed E-state index contributed by atoms with van der Waals surface area (Å²) in [5.41, 5.74) is 2.65. The fourth-order valence-corrected chi connectivity index (χ4v) is 6.94. The fraction of sp³-hybridized carbons (Fsp3) is 0.696. The number of sulfonamides is 1. The smallest absolute Gasteiger partial charge is 0.243 e. The maximum absolute atomic E-state index is 13.2. The molecule has 6 nitrogen and oxygen atoms in total. The summed E-state index contributed by atoms with van der Waals surface area (Å²) >= 11 is 0. The van der Waals surface area contributed by atoms with E-state index >= 15 is 0 Å². The van der Waals surface area contributed by atoms with Crippen LogP contribution >= 0.6 is 0 Å². The molecule has 2 aliphatic rings. The van der Waals surface area contributed by atoms with E-state index in [0.29, 0.717) is 43.4 Å². The van der Waals surface area contributed by atoms with Crippen molar-refractivity contribution < 1.29 is 13.2 Å². The first-order valence-corrected chi connectivity index (χ1v) is 12.8. The van der Waals surface area contributed by atoms with Gasteiger partial charge in [0.15, 0.2) is 0 Å². The SMILES string of the molecule is CCC(CNC(=O)C1CCN(S(=O)(=O)c2c(C)cc(C)cc2C)CC1)N1CCCC1. The van der Waals surface area contributed by atoms with Crippen LogP contribution in [0, 0.1) is 26.7 Å². The van der Waals surface area contributed by atoms with Gasteiger partial charge in [0.25, 0.3) is 0 Å². The predicted molar refractivity (Wildman–Crippen MR) is 120 cm³/mol. The van der Waals surface area contributed by atoms with Crippen molar-refractivity contribution in [3.05, 3.63) is 28.8 Å². The van der Waals surface area contributed by atoms with Crippen molar-refractivity contribution >= 4 is 15.9 Å². The van der Waals surface area contributed by atoms with E-state index in [-0.39, 0.29) is 11.8 Å². The fourth-order valence-electron chi connectivity index (χ4n) is 5.06. The number of amides is 1. The number of carbonyl (C=O) groups excluding carboxylic acids is 1. The zero-order chi connectivity index (χ0) is 21.9. The second kappa shape index (κ2) is 9.79. The first-order valence-electron chi connectivity index (χ1n) is 11.3. The number of hydrogen-bond donors (Lipinski definition) is 1. The van der Waals surface area contributed by atoms with Crippen LogP contribution in [0.2, 0.25) is 0 Å². The highest BCUT2D eigenvalue weighted by molar-refractivity contribution is 7.89. The van der Waals surface area contributed by atoms with Gasteiger partial charge in [-0.1, -0.05) is 24.6 Å². The highest BCUT2D eigenvalue weighted by Gasteiger charge is 2.34. The van der Waals surface area contributed by atoms with Gasteiger partial charge in [-0.05, 0) is 77.1 Å². The van der Waals surface area contributed by atoms with E-state index in [2.05, 4.69) is 17.1 Å².